The highest BCUT2D eigenvalue weighted by atomic mass is 32.2. The molecule has 0 bridgehead atoms. The molecule has 7 nitrogen and oxygen atoms in total. The van der Waals surface area contributed by atoms with Crippen molar-refractivity contribution in [3.63, 3.8) is 0 Å². The summed E-state index contributed by atoms with van der Waals surface area (Å²) in [6, 6.07) is 4.88. The van der Waals surface area contributed by atoms with Gasteiger partial charge in [-0.2, -0.15) is 4.31 Å². The summed E-state index contributed by atoms with van der Waals surface area (Å²) in [5.41, 5.74) is 7.10. The highest BCUT2D eigenvalue weighted by Crippen LogP contribution is 2.30. The quantitative estimate of drug-likeness (QED) is 0.639. The van der Waals surface area contributed by atoms with Crippen LogP contribution < -0.4 is 16.4 Å². The summed E-state index contributed by atoms with van der Waals surface area (Å²) in [6.07, 6.45) is 2.27. The highest BCUT2D eigenvalue weighted by molar-refractivity contribution is 7.89. The summed E-state index contributed by atoms with van der Waals surface area (Å²) in [7, 11) is -3.58. The Kier molecular flexibility index (Phi) is 7.02. The lowest BCUT2D eigenvalue weighted by atomic mass is 10.1. The molecule has 1 aliphatic carbocycles. The summed E-state index contributed by atoms with van der Waals surface area (Å²) in [4.78, 5) is 12.8. The van der Waals surface area contributed by atoms with Gasteiger partial charge in [0, 0.05) is 31.6 Å². The Morgan fingerprint density at radius 1 is 1.19 bits per heavy atom. The summed E-state index contributed by atoms with van der Waals surface area (Å²) in [6.45, 7) is 7.02. The molecule has 1 aromatic carbocycles. The van der Waals surface area contributed by atoms with Crippen molar-refractivity contribution >= 4 is 27.3 Å². The zero-order valence-electron chi connectivity index (χ0n) is 15.8. The SMILES string of the molecule is CCNc1ccc(S(=O)(=O)N(CC)CC)cc1NC(=O)C1CCC(N)C1. The number of benzene rings is 1. The number of hydrogen-bond acceptors (Lipinski definition) is 5. The first-order chi connectivity index (χ1) is 12.3. The van der Waals surface area contributed by atoms with Gasteiger partial charge in [-0.25, -0.2) is 8.42 Å². The Hall–Kier alpha value is -1.64. The normalized spacial score (nSPS) is 20.3. The van der Waals surface area contributed by atoms with Crippen LogP contribution in [0.2, 0.25) is 0 Å². The molecule has 1 fully saturated rings. The standard InChI is InChI=1S/C18H30N4O3S/c1-4-20-16-10-9-15(26(24,25)22(5-2)6-3)12-17(16)21-18(23)13-7-8-14(19)11-13/h9-10,12-14,20H,4-8,11,19H2,1-3H3,(H,21,23). The van der Waals surface area contributed by atoms with E-state index in [0.29, 0.717) is 37.4 Å². The smallest absolute Gasteiger partial charge is 0.243 e. The van der Waals surface area contributed by atoms with Gasteiger partial charge in [-0.15, -0.1) is 0 Å². The Labute approximate surface area is 156 Å². The van der Waals surface area contributed by atoms with Crippen LogP contribution in [0.25, 0.3) is 0 Å². The lowest BCUT2D eigenvalue weighted by molar-refractivity contribution is -0.119. The van der Waals surface area contributed by atoms with E-state index in [2.05, 4.69) is 10.6 Å². The van der Waals surface area contributed by atoms with Crippen LogP contribution in [0.15, 0.2) is 23.1 Å². The predicted octanol–water partition coefficient (Wildman–Crippen LogP) is 2.21. The second-order valence-corrected chi connectivity index (χ2v) is 8.52. The largest absolute Gasteiger partial charge is 0.384 e. The van der Waals surface area contributed by atoms with Crippen molar-refractivity contribution in [2.24, 2.45) is 11.7 Å². The molecular formula is C18H30N4O3S. The van der Waals surface area contributed by atoms with Gasteiger partial charge in [-0.3, -0.25) is 4.79 Å². The van der Waals surface area contributed by atoms with Crippen LogP contribution in [0.4, 0.5) is 11.4 Å². The third-order valence-electron chi connectivity index (χ3n) is 4.80. The number of nitrogens with zero attached hydrogens (tertiary/aromatic N) is 1. The number of carbonyl (C=O) groups excluding carboxylic acids is 1. The van der Waals surface area contributed by atoms with Gasteiger partial charge < -0.3 is 16.4 Å². The second kappa shape index (κ2) is 8.83. The number of sulfonamides is 1. The topological polar surface area (TPSA) is 105 Å². The fourth-order valence-corrected chi connectivity index (χ4v) is 4.82. The third-order valence-corrected chi connectivity index (χ3v) is 6.85. The van der Waals surface area contributed by atoms with Crippen molar-refractivity contribution in [1.29, 1.82) is 0 Å². The van der Waals surface area contributed by atoms with Crippen molar-refractivity contribution in [2.45, 2.75) is 51.0 Å². The van der Waals surface area contributed by atoms with Gasteiger partial charge >= 0.3 is 0 Å². The molecule has 8 heteroatoms. The van der Waals surface area contributed by atoms with Crippen molar-refractivity contribution in [3.05, 3.63) is 18.2 Å². The second-order valence-electron chi connectivity index (χ2n) is 6.59. The van der Waals surface area contributed by atoms with Crippen LogP contribution in [-0.4, -0.2) is 44.3 Å². The Morgan fingerprint density at radius 3 is 2.42 bits per heavy atom. The number of nitrogens with two attached hydrogens (primary N) is 1. The zero-order valence-corrected chi connectivity index (χ0v) is 16.6. The number of hydrogen-bond donors (Lipinski definition) is 3. The number of carbonyl (C=O) groups is 1. The molecule has 1 aliphatic rings. The van der Waals surface area contributed by atoms with E-state index < -0.39 is 10.0 Å². The molecule has 1 amide bonds. The Balaban J connectivity index is 2.32. The van der Waals surface area contributed by atoms with Gasteiger partial charge in [0.05, 0.1) is 16.3 Å². The van der Waals surface area contributed by atoms with Gasteiger partial charge in [-0.1, -0.05) is 13.8 Å². The van der Waals surface area contributed by atoms with E-state index in [1.54, 1.807) is 32.0 Å². The summed E-state index contributed by atoms with van der Waals surface area (Å²) >= 11 is 0. The van der Waals surface area contributed by atoms with Crippen LogP contribution in [0, 0.1) is 5.92 Å². The lowest BCUT2D eigenvalue weighted by Crippen LogP contribution is -2.30. The molecule has 4 N–H and O–H groups in total. The molecule has 2 rings (SSSR count). The number of rotatable bonds is 8. The van der Waals surface area contributed by atoms with E-state index in [0.717, 1.165) is 12.8 Å². The van der Waals surface area contributed by atoms with Gasteiger partial charge in [0.25, 0.3) is 0 Å². The fourth-order valence-electron chi connectivity index (χ4n) is 3.33. The average Bonchev–Trinajstić information content (AvgIpc) is 3.04. The van der Waals surface area contributed by atoms with E-state index in [-0.39, 0.29) is 22.8 Å². The van der Waals surface area contributed by atoms with Crippen LogP contribution in [0.1, 0.15) is 40.0 Å². The van der Waals surface area contributed by atoms with E-state index in [9.17, 15) is 13.2 Å². The molecule has 0 aromatic heterocycles. The van der Waals surface area contributed by atoms with Crippen molar-refractivity contribution in [2.75, 3.05) is 30.3 Å². The van der Waals surface area contributed by atoms with Gasteiger partial charge in [0.1, 0.15) is 0 Å². The molecule has 26 heavy (non-hydrogen) atoms. The first-order valence-electron chi connectivity index (χ1n) is 9.27. The Bertz CT molecular complexity index is 732. The van der Waals surface area contributed by atoms with E-state index in [1.807, 2.05) is 6.92 Å². The molecule has 1 aromatic rings. The molecule has 0 aliphatic heterocycles. The third kappa shape index (κ3) is 4.55. The van der Waals surface area contributed by atoms with Crippen molar-refractivity contribution in [3.8, 4) is 0 Å². The molecule has 146 valence electrons. The maximum atomic E-state index is 12.8. The number of anilines is 2. The summed E-state index contributed by atoms with van der Waals surface area (Å²) in [5.74, 6) is -0.225. The predicted molar refractivity (Wildman–Crippen MR) is 105 cm³/mol. The molecule has 2 unspecified atom stereocenters. The molecule has 0 saturated heterocycles. The summed E-state index contributed by atoms with van der Waals surface area (Å²) < 4.78 is 27.0. The van der Waals surface area contributed by atoms with Crippen LogP contribution >= 0.6 is 0 Å². The van der Waals surface area contributed by atoms with Crippen LogP contribution in [0.5, 0.6) is 0 Å². The summed E-state index contributed by atoms with van der Waals surface area (Å²) in [5, 5.41) is 6.07. The average molecular weight is 383 g/mol. The minimum atomic E-state index is -3.58. The maximum absolute atomic E-state index is 12.8. The Morgan fingerprint density at radius 2 is 1.88 bits per heavy atom. The molecule has 1 saturated carbocycles. The first-order valence-corrected chi connectivity index (χ1v) is 10.7. The van der Waals surface area contributed by atoms with Crippen LogP contribution in [-0.2, 0) is 14.8 Å². The minimum absolute atomic E-state index is 0.0633. The van der Waals surface area contributed by atoms with Gasteiger partial charge in [-0.05, 0) is 44.4 Å². The number of amides is 1. The molecule has 2 atom stereocenters. The van der Waals surface area contributed by atoms with E-state index >= 15 is 0 Å². The van der Waals surface area contributed by atoms with Crippen molar-refractivity contribution in [1.82, 2.24) is 4.31 Å². The number of nitrogens with one attached hydrogen (secondary N) is 2. The fraction of sp³-hybridized carbons (Fsp3) is 0.611. The molecule has 0 radical (unpaired) electrons. The van der Waals surface area contributed by atoms with Crippen molar-refractivity contribution < 1.29 is 13.2 Å². The highest BCUT2D eigenvalue weighted by Gasteiger charge is 2.29. The molecule has 0 spiro atoms. The maximum Gasteiger partial charge on any atom is 0.243 e. The first kappa shape index (κ1) is 20.7. The van der Waals surface area contributed by atoms with E-state index in [4.69, 9.17) is 5.73 Å². The monoisotopic (exact) mass is 382 g/mol. The zero-order chi connectivity index (χ0) is 19.3. The molecule has 0 heterocycles. The van der Waals surface area contributed by atoms with Gasteiger partial charge in [0.15, 0.2) is 0 Å². The van der Waals surface area contributed by atoms with Crippen LogP contribution in [0.3, 0.4) is 0 Å². The van der Waals surface area contributed by atoms with Gasteiger partial charge in [0.2, 0.25) is 15.9 Å². The lowest BCUT2D eigenvalue weighted by Gasteiger charge is -2.20. The van der Waals surface area contributed by atoms with E-state index in [1.165, 1.54) is 4.31 Å². The molecular weight excluding hydrogens is 352 g/mol. The minimum Gasteiger partial charge on any atom is -0.384 e.